The summed E-state index contributed by atoms with van der Waals surface area (Å²) in [6, 6.07) is 0. The molecule has 0 aromatic carbocycles. The molecule has 0 radical (unpaired) electrons. The lowest BCUT2D eigenvalue weighted by Gasteiger charge is -2.44. The molecule has 3 rings (SSSR count). The molecule has 3 heteroatoms. The third-order valence-corrected chi connectivity index (χ3v) is 6.41. The van der Waals surface area contributed by atoms with Gasteiger partial charge in [-0.1, -0.05) is 27.2 Å². The van der Waals surface area contributed by atoms with Gasteiger partial charge in [0.25, 0.3) is 0 Å². The van der Waals surface area contributed by atoms with E-state index in [-0.39, 0.29) is 5.54 Å². The minimum Gasteiger partial charge on any atom is -0.305 e. The summed E-state index contributed by atoms with van der Waals surface area (Å²) in [5.74, 6) is 1.52. The Balaban J connectivity index is 1.98. The van der Waals surface area contributed by atoms with Crippen LogP contribution in [0.5, 0.6) is 0 Å². The van der Waals surface area contributed by atoms with Crippen molar-refractivity contribution in [3.8, 4) is 0 Å². The van der Waals surface area contributed by atoms with Crippen LogP contribution in [-0.2, 0) is 18.4 Å². The number of fused-ring (bicyclic) bond motifs is 1. The van der Waals surface area contributed by atoms with E-state index in [1.54, 1.807) is 4.88 Å². The van der Waals surface area contributed by atoms with E-state index in [1.165, 1.54) is 49.2 Å². The number of nitrogens with zero attached hydrogens (tertiary/aromatic N) is 1. The Morgan fingerprint density at radius 1 is 1.32 bits per heavy atom. The van der Waals surface area contributed by atoms with Gasteiger partial charge in [-0.05, 0) is 50.5 Å². The molecule has 19 heavy (non-hydrogen) atoms. The van der Waals surface area contributed by atoms with Gasteiger partial charge in [-0.3, -0.25) is 0 Å². The van der Waals surface area contributed by atoms with Crippen LogP contribution in [0.1, 0.15) is 62.0 Å². The Morgan fingerprint density at radius 2 is 2.16 bits per heavy atom. The van der Waals surface area contributed by atoms with Crippen LogP contribution in [0.15, 0.2) is 0 Å². The molecular formula is C16H26N2S. The first kappa shape index (κ1) is 13.6. The fraction of sp³-hybridized carbons (Fsp3) is 0.812. The lowest BCUT2D eigenvalue weighted by atomic mass is 9.70. The molecular weight excluding hydrogens is 252 g/mol. The van der Waals surface area contributed by atoms with Gasteiger partial charge in [-0.15, -0.1) is 11.3 Å². The summed E-state index contributed by atoms with van der Waals surface area (Å²) in [5, 5.41) is 5.22. The van der Waals surface area contributed by atoms with E-state index in [9.17, 15) is 0 Å². The van der Waals surface area contributed by atoms with Gasteiger partial charge >= 0.3 is 0 Å². The van der Waals surface area contributed by atoms with Crippen LogP contribution >= 0.6 is 11.3 Å². The van der Waals surface area contributed by atoms with Crippen molar-refractivity contribution in [1.29, 1.82) is 0 Å². The highest BCUT2D eigenvalue weighted by molar-refractivity contribution is 7.12. The zero-order chi connectivity index (χ0) is 13.5. The smallest absolute Gasteiger partial charge is 0.114 e. The van der Waals surface area contributed by atoms with Crippen molar-refractivity contribution >= 4 is 11.3 Å². The van der Waals surface area contributed by atoms with Crippen molar-refractivity contribution < 1.29 is 0 Å². The standard InChI is InChI=1S/C16H26N2S/c1-4-17-16(10-11(2)8-9-12(16)3)15-18-13-6-5-7-14(13)19-15/h11-12,17H,4-10H2,1-3H3. The van der Waals surface area contributed by atoms with Gasteiger partial charge in [0.15, 0.2) is 0 Å². The molecule has 0 aliphatic heterocycles. The summed E-state index contributed by atoms with van der Waals surface area (Å²) in [5.41, 5.74) is 1.56. The lowest BCUT2D eigenvalue weighted by molar-refractivity contribution is 0.120. The molecule has 0 bridgehead atoms. The molecule has 0 spiro atoms. The zero-order valence-corrected chi connectivity index (χ0v) is 13.3. The van der Waals surface area contributed by atoms with Crippen LogP contribution in [-0.4, -0.2) is 11.5 Å². The van der Waals surface area contributed by atoms with Crippen LogP contribution in [0, 0.1) is 11.8 Å². The highest BCUT2D eigenvalue weighted by Crippen LogP contribution is 2.46. The predicted octanol–water partition coefficient (Wildman–Crippen LogP) is 3.89. The van der Waals surface area contributed by atoms with Crippen molar-refractivity contribution in [2.75, 3.05) is 6.54 Å². The maximum atomic E-state index is 5.05. The Morgan fingerprint density at radius 3 is 2.89 bits per heavy atom. The highest BCUT2D eigenvalue weighted by atomic mass is 32.1. The molecule has 1 aromatic heterocycles. The number of hydrogen-bond donors (Lipinski definition) is 1. The second-order valence-corrected chi connectivity index (χ2v) is 7.62. The van der Waals surface area contributed by atoms with Gasteiger partial charge in [0.1, 0.15) is 5.01 Å². The molecule has 106 valence electrons. The van der Waals surface area contributed by atoms with E-state index < -0.39 is 0 Å². The molecule has 1 saturated carbocycles. The van der Waals surface area contributed by atoms with Crippen molar-refractivity contribution in [2.24, 2.45) is 11.8 Å². The molecule has 2 nitrogen and oxygen atoms in total. The molecule has 0 amide bonds. The van der Waals surface area contributed by atoms with Gasteiger partial charge < -0.3 is 5.32 Å². The Labute approximate surface area is 121 Å². The molecule has 1 N–H and O–H groups in total. The van der Waals surface area contributed by atoms with E-state index >= 15 is 0 Å². The summed E-state index contributed by atoms with van der Waals surface area (Å²) < 4.78 is 0. The van der Waals surface area contributed by atoms with E-state index in [0.29, 0.717) is 5.92 Å². The van der Waals surface area contributed by atoms with Crippen LogP contribution in [0.25, 0.3) is 0 Å². The first-order valence-corrected chi connectivity index (χ1v) is 8.71. The fourth-order valence-electron chi connectivity index (χ4n) is 3.95. The van der Waals surface area contributed by atoms with Crippen molar-refractivity contribution in [3.05, 3.63) is 15.6 Å². The number of rotatable bonds is 3. The molecule has 2 aliphatic carbocycles. The van der Waals surface area contributed by atoms with Gasteiger partial charge in [0.2, 0.25) is 0 Å². The second-order valence-electron chi connectivity index (χ2n) is 6.53. The van der Waals surface area contributed by atoms with E-state index in [2.05, 4.69) is 26.1 Å². The van der Waals surface area contributed by atoms with E-state index in [1.807, 2.05) is 11.3 Å². The Hall–Kier alpha value is -0.410. The molecule has 3 atom stereocenters. The van der Waals surface area contributed by atoms with Crippen LogP contribution in [0.2, 0.25) is 0 Å². The van der Waals surface area contributed by atoms with E-state index in [4.69, 9.17) is 4.98 Å². The average molecular weight is 278 g/mol. The molecule has 3 unspecified atom stereocenters. The predicted molar refractivity (Wildman–Crippen MR) is 81.7 cm³/mol. The third kappa shape index (κ3) is 2.25. The van der Waals surface area contributed by atoms with E-state index in [0.717, 1.165) is 12.5 Å². The topological polar surface area (TPSA) is 24.9 Å². The summed E-state index contributed by atoms with van der Waals surface area (Å²) in [7, 11) is 0. The number of aromatic nitrogens is 1. The molecule has 1 aromatic rings. The van der Waals surface area contributed by atoms with Crippen molar-refractivity contribution in [1.82, 2.24) is 10.3 Å². The quantitative estimate of drug-likeness (QED) is 0.907. The Kier molecular flexibility index (Phi) is 3.69. The average Bonchev–Trinajstić information content (AvgIpc) is 2.94. The number of thiazole rings is 1. The van der Waals surface area contributed by atoms with Crippen LogP contribution in [0.3, 0.4) is 0 Å². The summed E-state index contributed by atoms with van der Waals surface area (Å²) in [6.45, 7) is 8.09. The molecule has 2 aliphatic rings. The molecule has 1 fully saturated rings. The maximum absolute atomic E-state index is 5.05. The SMILES string of the molecule is CCNC1(c2nc3c(s2)CCC3)CC(C)CCC1C. The number of nitrogens with one attached hydrogen (secondary N) is 1. The minimum atomic E-state index is 0.154. The molecule has 0 saturated heterocycles. The van der Waals surface area contributed by atoms with Gasteiger partial charge in [0.05, 0.1) is 11.2 Å². The Bertz CT molecular complexity index is 432. The first-order valence-electron chi connectivity index (χ1n) is 7.89. The van der Waals surface area contributed by atoms with Crippen molar-refractivity contribution in [2.45, 2.75) is 64.8 Å². The largest absolute Gasteiger partial charge is 0.305 e. The maximum Gasteiger partial charge on any atom is 0.114 e. The van der Waals surface area contributed by atoms with Crippen molar-refractivity contribution in [3.63, 3.8) is 0 Å². The third-order valence-electron chi connectivity index (χ3n) is 5.07. The van der Waals surface area contributed by atoms with Gasteiger partial charge in [0, 0.05) is 4.88 Å². The summed E-state index contributed by atoms with van der Waals surface area (Å²) in [4.78, 5) is 6.61. The fourth-order valence-corrected chi connectivity index (χ4v) is 5.39. The van der Waals surface area contributed by atoms with Gasteiger partial charge in [-0.25, -0.2) is 4.98 Å². The van der Waals surface area contributed by atoms with Gasteiger partial charge in [-0.2, -0.15) is 0 Å². The number of hydrogen-bond acceptors (Lipinski definition) is 3. The highest BCUT2D eigenvalue weighted by Gasteiger charge is 2.44. The van der Waals surface area contributed by atoms with Crippen LogP contribution in [0.4, 0.5) is 0 Å². The monoisotopic (exact) mass is 278 g/mol. The first-order chi connectivity index (χ1) is 9.15. The minimum absolute atomic E-state index is 0.154. The second kappa shape index (κ2) is 5.17. The zero-order valence-electron chi connectivity index (χ0n) is 12.5. The molecule has 1 heterocycles. The number of aryl methyl sites for hydroxylation is 2. The van der Waals surface area contributed by atoms with Crippen LogP contribution < -0.4 is 5.32 Å². The lowest BCUT2D eigenvalue weighted by Crippen LogP contribution is -2.51. The summed E-state index contributed by atoms with van der Waals surface area (Å²) >= 11 is 2.00. The normalized spacial score (nSPS) is 34.5. The summed E-state index contributed by atoms with van der Waals surface area (Å²) in [6.07, 6.45) is 7.75.